The van der Waals surface area contributed by atoms with Gasteiger partial charge in [-0.2, -0.15) is 0 Å². The molecule has 4 heteroatoms. The van der Waals surface area contributed by atoms with Gasteiger partial charge in [0.1, 0.15) is 0 Å². The fourth-order valence-electron chi connectivity index (χ4n) is 4.37. The van der Waals surface area contributed by atoms with Crippen molar-refractivity contribution in [1.29, 1.82) is 0 Å². The van der Waals surface area contributed by atoms with Gasteiger partial charge in [0.05, 0.1) is 6.61 Å². The molecule has 0 heterocycles. The van der Waals surface area contributed by atoms with E-state index < -0.39 is 8.32 Å². The summed E-state index contributed by atoms with van der Waals surface area (Å²) in [5.41, 5.74) is 0. The number of hydrogen-bond acceptors (Lipinski definition) is 3. The summed E-state index contributed by atoms with van der Waals surface area (Å²) in [6, 6.07) is 21.7. The Kier molecular flexibility index (Phi) is 11.6. The van der Waals surface area contributed by atoms with E-state index in [4.69, 9.17) is 9.16 Å². The van der Waals surface area contributed by atoms with Crippen molar-refractivity contribution in [3.63, 3.8) is 0 Å². The topological polar surface area (TPSA) is 35.5 Å². The Labute approximate surface area is 202 Å². The first-order chi connectivity index (χ1) is 15.9. The lowest BCUT2D eigenvalue weighted by atomic mass is 10.1. The highest BCUT2D eigenvalue weighted by Gasteiger charge is 2.49. The van der Waals surface area contributed by atoms with E-state index in [2.05, 4.69) is 93.6 Å². The van der Waals surface area contributed by atoms with E-state index >= 15 is 0 Å². The van der Waals surface area contributed by atoms with Crippen LogP contribution in [0, 0.1) is 0 Å². The molecule has 2 rings (SSSR count). The van der Waals surface area contributed by atoms with Crippen LogP contribution >= 0.6 is 0 Å². The lowest BCUT2D eigenvalue weighted by Crippen LogP contribution is -2.66. The molecule has 0 aliphatic rings. The van der Waals surface area contributed by atoms with Gasteiger partial charge in [-0.05, 0) is 54.4 Å². The monoisotopic (exact) mass is 466 g/mol. The second-order valence-electron chi connectivity index (χ2n) is 9.53. The third-order valence-corrected chi connectivity index (χ3v) is 11.0. The van der Waals surface area contributed by atoms with Crippen molar-refractivity contribution in [3.8, 4) is 0 Å². The quantitative estimate of drug-likeness (QED) is 0.140. The molecule has 0 aliphatic heterocycles. The average Bonchev–Trinajstić information content (AvgIpc) is 2.80. The number of rotatable bonds is 14. The first-order valence-electron chi connectivity index (χ1n) is 12.5. The normalized spacial score (nSPS) is 12.2. The molecule has 2 aromatic rings. The van der Waals surface area contributed by atoms with Gasteiger partial charge in [-0.15, -0.1) is 0 Å². The molecule has 0 atom stereocenters. The molecule has 0 radical (unpaired) electrons. The third-order valence-electron chi connectivity index (χ3n) is 5.97. The largest absolute Gasteiger partial charge is 0.466 e. The third kappa shape index (κ3) is 8.28. The van der Waals surface area contributed by atoms with E-state index in [9.17, 15) is 4.79 Å². The van der Waals surface area contributed by atoms with Crippen LogP contribution in [0.1, 0.15) is 72.6 Å². The van der Waals surface area contributed by atoms with Crippen LogP contribution in [-0.4, -0.2) is 27.5 Å². The second kappa shape index (κ2) is 14.2. The van der Waals surface area contributed by atoms with E-state index in [1.165, 1.54) is 10.4 Å². The number of unbranched alkanes of at least 4 members (excludes halogenated alkanes) is 4. The molecule has 33 heavy (non-hydrogen) atoms. The van der Waals surface area contributed by atoms with Crippen molar-refractivity contribution in [2.75, 3.05) is 13.2 Å². The van der Waals surface area contributed by atoms with Crippen LogP contribution in [0.25, 0.3) is 0 Å². The first-order valence-corrected chi connectivity index (χ1v) is 14.4. The molecule has 0 spiro atoms. The molecule has 0 amide bonds. The molecule has 0 aliphatic carbocycles. The Morgan fingerprint density at radius 2 is 1.36 bits per heavy atom. The Bertz CT molecular complexity index is 785. The Morgan fingerprint density at radius 1 is 0.818 bits per heavy atom. The van der Waals surface area contributed by atoms with Gasteiger partial charge in [-0.1, -0.05) is 100 Å². The molecule has 2 aromatic carbocycles. The first kappa shape index (κ1) is 27.1. The fraction of sp³-hybridized carbons (Fsp3) is 0.483. The fourth-order valence-corrected chi connectivity index (χ4v) is 8.97. The van der Waals surface area contributed by atoms with E-state index in [1.807, 2.05) is 6.92 Å². The van der Waals surface area contributed by atoms with Gasteiger partial charge >= 0.3 is 5.97 Å². The minimum absolute atomic E-state index is 0.0229. The van der Waals surface area contributed by atoms with Crippen LogP contribution in [-0.2, 0) is 14.0 Å². The number of carbonyl (C=O) groups excluding carboxylic acids is 1. The molecule has 0 unspecified atom stereocenters. The van der Waals surface area contributed by atoms with E-state index in [-0.39, 0.29) is 11.0 Å². The van der Waals surface area contributed by atoms with Gasteiger partial charge in [0, 0.05) is 13.0 Å². The zero-order valence-corrected chi connectivity index (χ0v) is 22.0. The van der Waals surface area contributed by atoms with Crippen molar-refractivity contribution < 1.29 is 14.0 Å². The van der Waals surface area contributed by atoms with E-state index in [0.29, 0.717) is 13.0 Å². The zero-order valence-electron chi connectivity index (χ0n) is 21.0. The van der Waals surface area contributed by atoms with Gasteiger partial charge in [0.2, 0.25) is 0 Å². The predicted molar refractivity (Wildman–Crippen MR) is 142 cm³/mol. The van der Waals surface area contributed by atoms with Crippen LogP contribution in [0.4, 0.5) is 0 Å². The maximum atomic E-state index is 11.3. The van der Waals surface area contributed by atoms with Crippen LogP contribution < -0.4 is 10.4 Å². The number of allylic oxidation sites excluding steroid dienone is 2. The summed E-state index contributed by atoms with van der Waals surface area (Å²) in [7, 11) is -2.42. The van der Waals surface area contributed by atoms with Crippen molar-refractivity contribution in [2.45, 2.75) is 77.7 Å². The molecular formula is C29H42O3Si. The highest BCUT2D eigenvalue weighted by molar-refractivity contribution is 6.99. The molecule has 0 bridgehead atoms. The SMILES string of the molecule is CCOC(=O)CCCCC/C=C/CCCO[Si](c1ccccc1)(c1ccccc1)C(C)(C)C. The average molecular weight is 467 g/mol. The smallest absolute Gasteiger partial charge is 0.305 e. The van der Waals surface area contributed by atoms with E-state index in [1.54, 1.807) is 0 Å². The summed E-state index contributed by atoms with van der Waals surface area (Å²) in [6.45, 7) is 10.0. The van der Waals surface area contributed by atoms with Gasteiger partial charge in [-0.25, -0.2) is 0 Å². The van der Waals surface area contributed by atoms with Gasteiger partial charge < -0.3 is 9.16 Å². The van der Waals surface area contributed by atoms with Crippen LogP contribution in [0.3, 0.4) is 0 Å². The van der Waals surface area contributed by atoms with Crippen LogP contribution in [0.15, 0.2) is 72.8 Å². The summed E-state index contributed by atoms with van der Waals surface area (Å²) in [6.07, 6.45) is 11.3. The van der Waals surface area contributed by atoms with Crippen LogP contribution in [0.2, 0.25) is 5.04 Å². The summed E-state index contributed by atoms with van der Waals surface area (Å²) in [5.74, 6) is -0.0751. The molecule has 0 saturated carbocycles. The lowest BCUT2D eigenvalue weighted by molar-refractivity contribution is -0.143. The van der Waals surface area contributed by atoms with E-state index in [0.717, 1.165) is 45.1 Å². The predicted octanol–water partition coefficient (Wildman–Crippen LogP) is 6.41. The molecule has 0 fully saturated rings. The Hall–Kier alpha value is -2.17. The molecule has 0 saturated heterocycles. The summed E-state index contributed by atoms with van der Waals surface area (Å²) in [5, 5.41) is 2.69. The lowest BCUT2D eigenvalue weighted by Gasteiger charge is -2.43. The molecule has 0 aromatic heterocycles. The summed E-state index contributed by atoms with van der Waals surface area (Å²) in [4.78, 5) is 11.3. The van der Waals surface area contributed by atoms with Crippen molar-refractivity contribution in [1.82, 2.24) is 0 Å². The molecule has 180 valence electrons. The Balaban J connectivity index is 1.87. The number of ether oxygens (including phenoxy) is 1. The standard InChI is InChI=1S/C29H42O3Si/c1-5-31-28(30)24-18-10-8-6-7-9-11-19-25-32-33(29(2,3)4,26-20-14-12-15-21-26)27-22-16-13-17-23-27/h7,9,12-17,20-23H,5-6,8,10-11,18-19,24-25H2,1-4H3/b9-7+. The number of hydrogen-bond donors (Lipinski definition) is 0. The summed E-state index contributed by atoms with van der Waals surface area (Å²) >= 11 is 0. The van der Waals surface area contributed by atoms with Gasteiger partial charge in [-0.3, -0.25) is 4.79 Å². The number of carbonyl (C=O) groups is 1. The minimum Gasteiger partial charge on any atom is -0.466 e. The van der Waals surface area contributed by atoms with Crippen molar-refractivity contribution >= 4 is 24.7 Å². The summed E-state index contributed by atoms with van der Waals surface area (Å²) < 4.78 is 11.9. The van der Waals surface area contributed by atoms with Gasteiger partial charge in [0.25, 0.3) is 8.32 Å². The maximum absolute atomic E-state index is 11.3. The highest BCUT2D eigenvalue weighted by atomic mass is 28.4. The highest BCUT2D eigenvalue weighted by Crippen LogP contribution is 2.36. The van der Waals surface area contributed by atoms with Gasteiger partial charge in [0.15, 0.2) is 0 Å². The maximum Gasteiger partial charge on any atom is 0.305 e. The zero-order chi connectivity index (χ0) is 24.0. The van der Waals surface area contributed by atoms with Crippen molar-refractivity contribution in [3.05, 3.63) is 72.8 Å². The second-order valence-corrected chi connectivity index (χ2v) is 13.8. The van der Waals surface area contributed by atoms with Crippen LogP contribution in [0.5, 0.6) is 0 Å². The Morgan fingerprint density at radius 3 is 1.88 bits per heavy atom. The van der Waals surface area contributed by atoms with Crippen molar-refractivity contribution in [2.24, 2.45) is 0 Å². The minimum atomic E-state index is -2.42. The molecule has 3 nitrogen and oxygen atoms in total. The number of esters is 1. The number of benzene rings is 2. The molecule has 0 N–H and O–H groups in total. The molecular weight excluding hydrogens is 424 g/mol.